The molecule has 1 aromatic rings. The molecule has 1 unspecified atom stereocenters. The van der Waals surface area contributed by atoms with Crippen LogP contribution in [0.4, 0.5) is 5.00 Å². The molecule has 1 aliphatic heterocycles. The van der Waals surface area contributed by atoms with Gasteiger partial charge in [0.25, 0.3) is 0 Å². The maximum atomic E-state index is 12.1. The molecule has 1 N–H and O–H groups in total. The lowest BCUT2D eigenvalue weighted by Gasteiger charge is -2.09. The summed E-state index contributed by atoms with van der Waals surface area (Å²) >= 11 is 1.43. The van der Waals surface area contributed by atoms with Crippen LogP contribution in [0.2, 0.25) is 0 Å². The average Bonchev–Trinajstić information content (AvgIpc) is 3.08. The number of rotatable bonds is 5. The normalized spacial score (nSPS) is 18.0. The van der Waals surface area contributed by atoms with E-state index in [1.54, 1.807) is 13.0 Å². The van der Waals surface area contributed by atoms with Gasteiger partial charge in [-0.15, -0.1) is 11.3 Å². The number of hydrogen-bond acceptors (Lipinski definition) is 5. The van der Waals surface area contributed by atoms with Crippen molar-refractivity contribution in [2.24, 2.45) is 5.92 Å². The molecule has 1 amide bonds. The number of carbonyl (C=O) groups is 2. The van der Waals surface area contributed by atoms with Gasteiger partial charge in [-0.3, -0.25) is 4.79 Å². The molecular formula is C14H19NO4S. The van der Waals surface area contributed by atoms with Gasteiger partial charge in [0.1, 0.15) is 5.00 Å². The highest BCUT2D eigenvalue weighted by Crippen LogP contribution is 2.30. The van der Waals surface area contributed by atoms with Crippen molar-refractivity contribution in [3.05, 3.63) is 16.5 Å². The predicted octanol–water partition coefficient (Wildman–Crippen LogP) is 2.46. The Balaban J connectivity index is 2.14. The molecule has 6 heteroatoms. The molecule has 1 aliphatic rings. The molecule has 20 heavy (non-hydrogen) atoms. The molecule has 1 atom stereocenters. The van der Waals surface area contributed by atoms with Crippen molar-refractivity contribution in [3.8, 4) is 0 Å². The van der Waals surface area contributed by atoms with Gasteiger partial charge in [0.05, 0.1) is 24.7 Å². The van der Waals surface area contributed by atoms with Crippen molar-refractivity contribution in [2.45, 2.75) is 26.7 Å². The Morgan fingerprint density at radius 2 is 2.30 bits per heavy atom. The fourth-order valence-electron chi connectivity index (χ4n) is 2.02. The minimum Gasteiger partial charge on any atom is -0.462 e. The largest absolute Gasteiger partial charge is 0.462 e. The van der Waals surface area contributed by atoms with Gasteiger partial charge in [-0.1, -0.05) is 6.92 Å². The third-order valence-electron chi connectivity index (χ3n) is 3.16. The molecule has 2 heterocycles. The molecule has 5 nitrogen and oxygen atoms in total. The first-order chi connectivity index (χ1) is 9.65. The molecule has 0 saturated carbocycles. The van der Waals surface area contributed by atoms with Crippen LogP contribution in [0.3, 0.4) is 0 Å². The van der Waals surface area contributed by atoms with Crippen LogP contribution in [0.1, 0.15) is 35.5 Å². The maximum absolute atomic E-state index is 12.1. The van der Waals surface area contributed by atoms with E-state index in [0.717, 1.165) is 17.7 Å². The van der Waals surface area contributed by atoms with Crippen LogP contribution in [-0.2, 0) is 20.7 Å². The third-order valence-corrected chi connectivity index (χ3v) is 4.36. The summed E-state index contributed by atoms with van der Waals surface area (Å²) in [6, 6.07) is 1.80. The van der Waals surface area contributed by atoms with Crippen LogP contribution in [0.25, 0.3) is 0 Å². The standard InChI is InChI=1S/C14H19NO4S/c1-3-10-7-11(14(17)19-4-2)13(20-10)15-12(16)9-5-6-18-8-9/h7,9H,3-6,8H2,1-2H3,(H,15,16). The Morgan fingerprint density at radius 1 is 1.50 bits per heavy atom. The number of nitrogens with one attached hydrogen (secondary N) is 1. The van der Waals surface area contributed by atoms with Gasteiger partial charge in [-0.05, 0) is 25.8 Å². The van der Waals surface area contributed by atoms with E-state index in [9.17, 15) is 9.59 Å². The first-order valence-corrected chi connectivity index (χ1v) is 7.65. The highest BCUT2D eigenvalue weighted by atomic mass is 32.1. The monoisotopic (exact) mass is 297 g/mol. The first kappa shape index (κ1) is 15.0. The van der Waals surface area contributed by atoms with Gasteiger partial charge in [0, 0.05) is 11.5 Å². The number of aryl methyl sites for hydroxylation is 1. The number of esters is 1. The van der Waals surface area contributed by atoms with Crippen LogP contribution in [0.5, 0.6) is 0 Å². The second-order valence-corrected chi connectivity index (χ2v) is 5.72. The second-order valence-electron chi connectivity index (χ2n) is 4.58. The molecule has 0 aliphatic carbocycles. The van der Waals surface area contributed by atoms with Crippen molar-refractivity contribution in [1.82, 2.24) is 0 Å². The van der Waals surface area contributed by atoms with Crippen molar-refractivity contribution in [1.29, 1.82) is 0 Å². The Bertz CT molecular complexity index is 491. The van der Waals surface area contributed by atoms with Crippen molar-refractivity contribution >= 4 is 28.2 Å². The summed E-state index contributed by atoms with van der Waals surface area (Å²) in [5, 5.41) is 3.43. The summed E-state index contributed by atoms with van der Waals surface area (Å²) in [4.78, 5) is 25.1. The van der Waals surface area contributed by atoms with E-state index in [0.29, 0.717) is 30.4 Å². The minimum absolute atomic E-state index is 0.0856. The SMILES string of the molecule is CCOC(=O)c1cc(CC)sc1NC(=O)C1CCOC1. The van der Waals surface area contributed by atoms with Crippen LogP contribution < -0.4 is 5.32 Å². The van der Waals surface area contributed by atoms with Gasteiger partial charge >= 0.3 is 5.97 Å². The number of amides is 1. The lowest BCUT2D eigenvalue weighted by atomic mass is 10.1. The fraction of sp³-hybridized carbons (Fsp3) is 0.571. The van der Waals surface area contributed by atoms with Gasteiger partial charge in [-0.25, -0.2) is 4.79 Å². The van der Waals surface area contributed by atoms with E-state index >= 15 is 0 Å². The molecular weight excluding hydrogens is 278 g/mol. The van der Waals surface area contributed by atoms with E-state index < -0.39 is 0 Å². The molecule has 0 spiro atoms. The van der Waals surface area contributed by atoms with E-state index in [4.69, 9.17) is 9.47 Å². The fourth-order valence-corrected chi connectivity index (χ4v) is 3.01. The molecule has 1 fully saturated rings. The lowest BCUT2D eigenvalue weighted by Crippen LogP contribution is -2.23. The van der Waals surface area contributed by atoms with Crippen LogP contribution in [0, 0.1) is 5.92 Å². The Kier molecular flexibility index (Phi) is 5.14. The van der Waals surface area contributed by atoms with Crippen molar-refractivity contribution in [2.75, 3.05) is 25.1 Å². The average molecular weight is 297 g/mol. The third kappa shape index (κ3) is 3.37. The Hall–Kier alpha value is -1.40. The zero-order valence-corrected chi connectivity index (χ0v) is 12.5. The predicted molar refractivity (Wildman–Crippen MR) is 77.2 cm³/mol. The number of thiophene rings is 1. The van der Waals surface area contributed by atoms with Crippen molar-refractivity contribution < 1.29 is 19.1 Å². The minimum atomic E-state index is -0.388. The zero-order valence-electron chi connectivity index (χ0n) is 11.7. The highest BCUT2D eigenvalue weighted by Gasteiger charge is 2.26. The Labute approximate surface area is 122 Å². The topological polar surface area (TPSA) is 64.6 Å². The zero-order chi connectivity index (χ0) is 14.5. The van der Waals surface area contributed by atoms with Gasteiger partial charge in [0.15, 0.2) is 0 Å². The summed E-state index contributed by atoms with van der Waals surface area (Å²) in [5.74, 6) is -0.601. The van der Waals surface area contributed by atoms with E-state index in [1.165, 1.54) is 11.3 Å². The summed E-state index contributed by atoms with van der Waals surface area (Å²) in [6.07, 6.45) is 1.55. The summed E-state index contributed by atoms with van der Waals surface area (Å²) < 4.78 is 10.2. The van der Waals surface area contributed by atoms with E-state index in [-0.39, 0.29) is 17.8 Å². The quantitative estimate of drug-likeness (QED) is 0.848. The molecule has 110 valence electrons. The summed E-state index contributed by atoms with van der Waals surface area (Å²) in [5.41, 5.74) is 0.445. The van der Waals surface area contributed by atoms with Crippen LogP contribution in [-0.4, -0.2) is 31.7 Å². The first-order valence-electron chi connectivity index (χ1n) is 6.84. The number of carbonyl (C=O) groups excluding carboxylic acids is 2. The van der Waals surface area contributed by atoms with Crippen LogP contribution in [0.15, 0.2) is 6.07 Å². The van der Waals surface area contributed by atoms with Gasteiger partial charge < -0.3 is 14.8 Å². The molecule has 1 saturated heterocycles. The van der Waals surface area contributed by atoms with E-state index in [2.05, 4.69) is 5.32 Å². The van der Waals surface area contributed by atoms with Crippen molar-refractivity contribution in [3.63, 3.8) is 0 Å². The molecule has 2 rings (SSSR count). The van der Waals surface area contributed by atoms with Gasteiger partial charge in [-0.2, -0.15) is 0 Å². The lowest BCUT2D eigenvalue weighted by molar-refractivity contribution is -0.119. The molecule has 0 bridgehead atoms. The Morgan fingerprint density at radius 3 is 2.90 bits per heavy atom. The molecule has 0 radical (unpaired) electrons. The molecule has 0 aromatic carbocycles. The second kappa shape index (κ2) is 6.85. The maximum Gasteiger partial charge on any atom is 0.341 e. The molecule has 1 aromatic heterocycles. The van der Waals surface area contributed by atoms with Crippen LogP contribution >= 0.6 is 11.3 Å². The summed E-state index contributed by atoms with van der Waals surface area (Å²) in [7, 11) is 0. The highest BCUT2D eigenvalue weighted by molar-refractivity contribution is 7.16. The van der Waals surface area contributed by atoms with E-state index in [1.807, 2.05) is 6.92 Å². The number of anilines is 1. The summed E-state index contributed by atoms with van der Waals surface area (Å²) in [6.45, 7) is 5.16. The smallest absolute Gasteiger partial charge is 0.341 e. The number of hydrogen-bond donors (Lipinski definition) is 1. The van der Waals surface area contributed by atoms with Gasteiger partial charge in [0.2, 0.25) is 5.91 Å². The number of ether oxygens (including phenoxy) is 2.